The average molecular weight is 448 g/mol. The van der Waals surface area contributed by atoms with Gasteiger partial charge < -0.3 is 16.0 Å². The van der Waals surface area contributed by atoms with Crippen molar-refractivity contribution in [3.05, 3.63) is 76.5 Å². The van der Waals surface area contributed by atoms with Crippen molar-refractivity contribution in [3.8, 4) is 11.1 Å². The lowest BCUT2D eigenvalue weighted by molar-refractivity contribution is -0.128. The molecule has 1 aromatic heterocycles. The molecule has 0 spiro atoms. The topological polar surface area (TPSA) is 75.4 Å². The molecule has 166 valence electrons. The van der Waals surface area contributed by atoms with Crippen molar-refractivity contribution in [2.24, 2.45) is 5.73 Å². The summed E-state index contributed by atoms with van der Waals surface area (Å²) in [6.07, 6.45) is 1.47. The molecule has 3 aromatic rings. The zero-order chi connectivity index (χ0) is 22.7. The van der Waals surface area contributed by atoms with E-state index in [0.29, 0.717) is 13.0 Å². The van der Waals surface area contributed by atoms with Gasteiger partial charge >= 0.3 is 0 Å². The Balaban J connectivity index is 1.57. The molecule has 1 aliphatic heterocycles. The molecule has 3 N–H and O–H groups in total. The Bertz CT molecular complexity index is 1090. The number of benzene rings is 2. The molecular weight excluding hydrogens is 418 g/mol. The van der Waals surface area contributed by atoms with Crippen molar-refractivity contribution in [3.63, 3.8) is 0 Å². The maximum Gasteiger partial charge on any atom is 0.249 e. The van der Waals surface area contributed by atoms with Crippen LogP contribution in [0.3, 0.4) is 0 Å². The molecule has 0 bridgehead atoms. The summed E-state index contributed by atoms with van der Waals surface area (Å²) in [4.78, 5) is 27.9. The van der Waals surface area contributed by atoms with Gasteiger partial charge in [0.1, 0.15) is 6.04 Å². The van der Waals surface area contributed by atoms with Gasteiger partial charge in [0.05, 0.1) is 6.54 Å². The zero-order valence-corrected chi connectivity index (χ0v) is 19.3. The second-order valence-corrected chi connectivity index (χ2v) is 9.87. The first kappa shape index (κ1) is 22.2. The number of hydrogen-bond acceptors (Lipinski definition) is 4. The third-order valence-electron chi connectivity index (χ3n) is 5.65. The van der Waals surface area contributed by atoms with Gasteiger partial charge in [-0.25, -0.2) is 0 Å². The Morgan fingerprint density at radius 2 is 1.88 bits per heavy atom. The van der Waals surface area contributed by atoms with E-state index in [-0.39, 0.29) is 18.2 Å². The van der Waals surface area contributed by atoms with Crippen LogP contribution >= 0.6 is 11.3 Å². The molecule has 2 aromatic carbocycles. The van der Waals surface area contributed by atoms with Gasteiger partial charge in [-0.3, -0.25) is 9.59 Å². The summed E-state index contributed by atoms with van der Waals surface area (Å²) in [6, 6.07) is 17.8. The number of rotatable bonds is 6. The number of carbonyl (C=O) groups excluding carboxylic acids is 2. The standard InChI is InChI=1S/C26H29N3O2S/c1-26(2,27)15-24(30)28-22-12-11-20-5-3-4-6-23(20)29(25(22)31)16-18-7-9-19(10-8-18)21-13-14-32-17-21/h3-10,13-14,17,22H,11-12,15-16,27H2,1-2H3,(H,28,30)/t22-/m1/s1. The molecule has 4 rings (SSSR count). The highest BCUT2D eigenvalue weighted by Crippen LogP contribution is 2.29. The van der Waals surface area contributed by atoms with Crippen molar-refractivity contribution in [1.29, 1.82) is 0 Å². The highest BCUT2D eigenvalue weighted by Gasteiger charge is 2.32. The van der Waals surface area contributed by atoms with Crippen LogP contribution in [0.1, 0.15) is 37.8 Å². The number of nitrogens with zero attached hydrogens (tertiary/aromatic N) is 1. The Kier molecular flexibility index (Phi) is 6.44. The molecule has 2 amide bonds. The minimum atomic E-state index is -0.620. The third-order valence-corrected chi connectivity index (χ3v) is 6.33. The fourth-order valence-electron chi connectivity index (χ4n) is 4.09. The second-order valence-electron chi connectivity index (χ2n) is 9.09. The SMILES string of the molecule is CC(C)(N)CC(=O)N[C@@H]1CCc2ccccc2N(Cc2ccc(-c3ccsc3)cc2)C1=O. The van der Waals surface area contributed by atoms with Crippen molar-refractivity contribution < 1.29 is 9.59 Å². The first-order valence-corrected chi connectivity index (χ1v) is 11.8. The largest absolute Gasteiger partial charge is 0.344 e. The monoisotopic (exact) mass is 447 g/mol. The number of amides is 2. The minimum absolute atomic E-state index is 0.0833. The predicted molar refractivity (Wildman–Crippen MR) is 131 cm³/mol. The minimum Gasteiger partial charge on any atom is -0.344 e. The van der Waals surface area contributed by atoms with Gasteiger partial charge in [0, 0.05) is 17.6 Å². The number of nitrogens with one attached hydrogen (secondary N) is 1. The van der Waals surface area contributed by atoms with E-state index in [1.54, 1.807) is 16.2 Å². The summed E-state index contributed by atoms with van der Waals surface area (Å²) in [5.74, 6) is -0.276. The van der Waals surface area contributed by atoms with E-state index in [0.717, 1.165) is 28.8 Å². The molecule has 0 saturated carbocycles. The summed E-state index contributed by atoms with van der Waals surface area (Å²) in [7, 11) is 0. The van der Waals surface area contributed by atoms with Crippen LogP contribution in [0.5, 0.6) is 0 Å². The molecule has 0 fully saturated rings. The van der Waals surface area contributed by atoms with E-state index >= 15 is 0 Å². The first-order chi connectivity index (χ1) is 15.3. The summed E-state index contributed by atoms with van der Waals surface area (Å²) >= 11 is 1.67. The van der Waals surface area contributed by atoms with Gasteiger partial charge in [0.2, 0.25) is 11.8 Å². The van der Waals surface area contributed by atoms with Crippen molar-refractivity contribution >= 4 is 28.8 Å². The lowest BCUT2D eigenvalue weighted by Gasteiger charge is -2.27. The molecule has 1 aliphatic rings. The lowest BCUT2D eigenvalue weighted by Crippen LogP contribution is -2.49. The van der Waals surface area contributed by atoms with Crippen LogP contribution in [0, 0.1) is 0 Å². The Hall–Kier alpha value is -2.96. The van der Waals surface area contributed by atoms with E-state index < -0.39 is 11.6 Å². The molecule has 0 saturated heterocycles. The fraction of sp³-hybridized carbons (Fsp3) is 0.308. The zero-order valence-electron chi connectivity index (χ0n) is 18.5. The number of nitrogens with two attached hydrogens (primary N) is 1. The maximum atomic E-state index is 13.5. The second kappa shape index (κ2) is 9.27. The molecule has 6 heteroatoms. The highest BCUT2D eigenvalue weighted by molar-refractivity contribution is 7.08. The Morgan fingerprint density at radius 3 is 2.56 bits per heavy atom. The molecule has 32 heavy (non-hydrogen) atoms. The Labute approximate surface area is 193 Å². The molecule has 1 atom stereocenters. The van der Waals surface area contributed by atoms with Crippen LogP contribution in [0.25, 0.3) is 11.1 Å². The summed E-state index contributed by atoms with van der Waals surface area (Å²) in [5, 5.41) is 7.12. The number of para-hydroxylation sites is 1. The van der Waals surface area contributed by atoms with Gasteiger partial charge in [-0.2, -0.15) is 11.3 Å². The van der Waals surface area contributed by atoms with Gasteiger partial charge in [-0.05, 0) is 71.8 Å². The number of thiophene rings is 1. The van der Waals surface area contributed by atoms with Crippen molar-refractivity contribution in [2.75, 3.05) is 4.90 Å². The van der Waals surface area contributed by atoms with Crippen LogP contribution < -0.4 is 16.0 Å². The summed E-state index contributed by atoms with van der Waals surface area (Å²) < 4.78 is 0. The van der Waals surface area contributed by atoms with Gasteiger partial charge in [-0.15, -0.1) is 0 Å². The van der Waals surface area contributed by atoms with Gasteiger partial charge in [-0.1, -0.05) is 42.5 Å². The molecule has 2 heterocycles. The van der Waals surface area contributed by atoms with Gasteiger partial charge in [0.15, 0.2) is 0 Å². The number of aryl methyl sites for hydroxylation is 1. The lowest BCUT2D eigenvalue weighted by atomic mass is 10.0. The average Bonchev–Trinajstić information content (AvgIpc) is 3.25. The molecule has 0 aliphatic carbocycles. The predicted octanol–water partition coefficient (Wildman–Crippen LogP) is 4.51. The number of carbonyl (C=O) groups is 2. The number of fused-ring (bicyclic) bond motifs is 1. The van der Waals surface area contributed by atoms with E-state index in [1.165, 1.54) is 5.56 Å². The molecular formula is C26H29N3O2S. The van der Waals surface area contributed by atoms with Crippen LogP contribution in [0.4, 0.5) is 5.69 Å². The van der Waals surface area contributed by atoms with Crippen molar-refractivity contribution in [1.82, 2.24) is 5.32 Å². The van der Waals surface area contributed by atoms with Gasteiger partial charge in [0.25, 0.3) is 0 Å². The fourth-order valence-corrected chi connectivity index (χ4v) is 4.75. The van der Waals surface area contributed by atoms with E-state index in [4.69, 9.17) is 5.73 Å². The highest BCUT2D eigenvalue weighted by atomic mass is 32.1. The summed E-state index contributed by atoms with van der Waals surface area (Å²) in [5.41, 5.74) is 10.8. The van der Waals surface area contributed by atoms with Crippen LogP contribution in [-0.4, -0.2) is 23.4 Å². The molecule has 0 radical (unpaired) electrons. The first-order valence-electron chi connectivity index (χ1n) is 10.9. The van der Waals surface area contributed by atoms with Crippen LogP contribution in [0.15, 0.2) is 65.4 Å². The Morgan fingerprint density at radius 1 is 1.12 bits per heavy atom. The number of hydrogen-bond donors (Lipinski definition) is 2. The molecule has 5 nitrogen and oxygen atoms in total. The molecule has 0 unspecified atom stereocenters. The van der Waals surface area contributed by atoms with E-state index in [9.17, 15) is 9.59 Å². The quantitative estimate of drug-likeness (QED) is 0.584. The number of anilines is 1. The third kappa shape index (κ3) is 5.26. The van der Waals surface area contributed by atoms with Crippen LogP contribution in [0.2, 0.25) is 0 Å². The van der Waals surface area contributed by atoms with E-state index in [2.05, 4.69) is 52.5 Å². The smallest absolute Gasteiger partial charge is 0.249 e. The van der Waals surface area contributed by atoms with Crippen molar-refractivity contribution in [2.45, 2.75) is 51.2 Å². The van der Waals surface area contributed by atoms with Crippen LogP contribution in [-0.2, 0) is 22.6 Å². The maximum absolute atomic E-state index is 13.5. The van der Waals surface area contributed by atoms with E-state index in [1.807, 2.05) is 32.0 Å². The normalized spacial score (nSPS) is 16.4. The summed E-state index contributed by atoms with van der Waals surface area (Å²) in [6.45, 7) is 4.07.